The van der Waals surface area contributed by atoms with Crippen molar-refractivity contribution in [2.75, 3.05) is 0 Å². The van der Waals surface area contributed by atoms with Crippen molar-refractivity contribution in [3.05, 3.63) is 102 Å². The van der Waals surface area contributed by atoms with Crippen LogP contribution in [-0.4, -0.2) is 11.0 Å². The normalized spacial score (nSPS) is 10.6. The van der Waals surface area contributed by atoms with Gasteiger partial charge in [-0.25, -0.2) is 9.78 Å². The molecule has 0 unspecified atom stereocenters. The van der Waals surface area contributed by atoms with Crippen LogP contribution in [0.3, 0.4) is 0 Å². The molecular weight excluding hydrogens is 350 g/mol. The summed E-state index contributed by atoms with van der Waals surface area (Å²) in [5.41, 5.74) is 3.81. The molecule has 0 spiro atoms. The number of carbonyl (C=O) groups excluding carboxylic acids is 1. The highest BCUT2D eigenvalue weighted by molar-refractivity contribution is 5.94. The molecule has 1 aromatic heterocycles. The summed E-state index contributed by atoms with van der Waals surface area (Å²) in [5.74, 6) is 0.296. The highest BCUT2D eigenvalue weighted by atomic mass is 16.5. The lowest BCUT2D eigenvalue weighted by Crippen LogP contribution is -2.07. The van der Waals surface area contributed by atoms with Gasteiger partial charge in [-0.1, -0.05) is 78.4 Å². The van der Waals surface area contributed by atoms with Gasteiger partial charge in [0.05, 0.1) is 0 Å². The van der Waals surface area contributed by atoms with E-state index in [9.17, 15) is 4.79 Å². The molecule has 0 N–H and O–H groups in total. The summed E-state index contributed by atoms with van der Waals surface area (Å²) >= 11 is 0. The molecule has 4 nitrogen and oxygen atoms in total. The highest BCUT2D eigenvalue weighted by Gasteiger charge is 2.23. The Labute approximate surface area is 163 Å². The highest BCUT2D eigenvalue weighted by Crippen LogP contribution is 2.30. The van der Waals surface area contributed by atoms with Crippen molar-refractivity contribution in [1.82, 2.24) is 4.98 Å². The average molecular weight is 369 g/mol. The zero-order valence-corrected chi connectivity index (χ0v) is 15.5. The zero-order valence-electron chi connectivity index (χ0n) is 15.5. The standard InChI is InChI=1S/C24H19NO3/c1-17-12-14-19(15-13-17)22-21(24(26)27-16-18-8-4-2-5-9-18)25-23(28-22)20-10-6-3-7-11-20/h2-15H,16H2,1H3. The summed E-state index contributed by atoms with van der Waals surface area (Å²) in [6.45, 7) is 2.19. The van der Waals surface area contributed by atoms with Crippen molar-refractivity contribution < 1.29 is 13.9 Å². The molecule has 138 valence electrons. The minimum Gasteiger partial charge on any atom is -0.456 e. The van der Waals surface area contributed by atoms with Crippen LogP contribution >= 0.6 is 0 Å². The van der Waals surface area contributed by atoms with Crippen molar-refractivity contribution in [3.63, 3.8) is 0 Å². The monoisotopic (exact) mass is 369 g/mol. The number of benzene rings is 3. The van der Waals surface area contributed by atoms with E-state index in [1.165, 1.54) is 0 Å². The molecule has 0 aliphatic carbocycles. The van der Waals surface area contributed by atoms with Gasteiger partial charge in [0.1, 0.15) is 6.61 Å². The van der Waals surface area contributed by atoms with E-state index >= 15 is 0 Å². The Morgan fingerprint density at radius 2 is 1.50 bits per heavy atom. The first-order valence-corrected chi connectivity index (χ1v) is 9.05. The van der Waals surface area contributed by atoms with Gasteiger partial charge in [-0.2, -0.15) is 0 Å². The van der Waals surface area contributed by atoms with Crippen LogP contribution in [0.25, 0.3) is 22.8 Å². The van der Waals surface area contributed by atoms with Gasteiger partial charge in [0.15, 0.2) is 11.5 Å². The van der Waals surface area contributed by atoms with Crippen molar-refractivity contribution in [2.24, 2.45) is 0 Å². The zero-order chi connectivity index (χ0) is 19.3. The van der Waals surface area contributed by atoms with Gasteiger partial charge in [-0.05, 0) is 24.6 Å². The van der Waals surface area contributed by atoms with Gasteiger partial charge in [-0.15, -0.1) is 0 Å². The number of esters is 1. The predicted octanol–water partition coefficient (Wildman–Crippen LogP) is 5.67. The van der Waals surface area contributed by atoms with Crippen LogP contribution < -0.4 is 0 Å². The summed E-state index contributed by atoms with van der Waals surface area (Å²) < 4.78 is 11.5. The average Bonchev–Trinajstić information content (AvgIpc) is 3.19. The van der Waals surface area contributed by atoms with Gasteiger partial charge >= 0.3 is 5.97 Å². The van der Waals surface area contributed by atoms with Crippen LogP contribution in [0.5, 0.6) is 0 Å². The number of hydrogen-bond donors (Lipinski definition) is 0. The molecule has 0 atom stereocenters. The van der Waals surface area contributed by atoms with Crippen molar-refractivity contribution in [3.8, 4) is 22.8 Å². The molecule has 4 rings (SSSR count). The quantitative estimate of drug-likeness (QED) is 0.425. The fourth-order valence-corrected chi connectivity index (χ4v) is 2.85. The topological polar surface area (TPSA) is 52.3 Å². The van der Waals surface area contributed by atoms with E-state index in [1.54, 1.807) is 0 Å². The van der Waals surface area contributed by atoms with Crippen LogP contribution in [0.15, 0.2) is 89.3 Å². The largest absolute Gasteiger partial charge is 0.456 e. The van der Waals surface area contributed by atoms with Gasteiger partial charge in [0, 0.05) is 11.1 Å². The number of aromatic nitrogens is 1. The van der Waals surface area contributed by atoms with Gasteiger partial charge in [0.2, 0.25) is 5.89 Å². The van der Waals surface area contributed by atoms with E-state index in [-0.39, 0.29) is 12.3 Å². The van der Waals surface area contributed by atoms with E-state index in [2.05, 4.69) is 4.98 Å². The second kappa shape index (κ2) is 7.92. The third-order valence-electron chi connectivity index (χ3n) is 4.37. The third-order valence-corrected chi connectivity index (χ3v) is 4.37. The molecule has 0 amide bonds. The summed E-state index contributed by atoms with van der Waals surface area (Å²) in [5, 5.41) is 0. The lowest BCUT2D eigenvalue weighted by Gasteiger charge is -2.04. The first kappa shape index (κ1) is 17.7. The van der Waals surface area contributed by atoms with Crippen LogP contribution in [0.4, 0.5) is 0 Å². The maximum atomic E-state index is 12.8. The van der Waals surface area contributed by atoms with Gasteiger partial charge in [-0.3, -0.25) is 0 Å². The fourth-order valence-electron chi connectivity index (χ4n) is 2.85. The number of hydrogen-bond acceptors (Lipinski definition) is 4. The molecule has 0 aliphatic rings. The summed E-state index contributed by atoms with van der Waals surface area (Å²) in [6.07, 6.45) is 0. The van der Waals surface area contributed by atoms with Crippen LogP contribution in [0, 0.1) is 6.92 Å². The Hall–Kier alpha value is -3.66. The van der Waals surface area contributed by atoms with E-state index in [0.717, 1.165) is 22.3 Å². The number of ether oxygens (including phenoxy) is 1. The second-order valence-corrected chi connectivity index (χ2v) is 6.49. The molecular formula is C24H19NO3. The molecule has 4 aromatic rings. The first-order chi connectivity index (χ1) is 13.7. The number of oxazole rings is 1. The maximum Gasteiger partial charge on any atom is 0.361 e. The lowest BCUT2D eigenvalue weighted by atomic mass is 10.1. The SMILES string of the molecule is Cc1ccc(-c2oc(-c3ccccc3)nc2C(=O)OCc2ccccc2)cc1. The second-order valence-electron chi connectivity index (χ2n) is 6.49. The minimum absolute atomic E-state index is 0.179. The Balaban J connectivity index is 1.68. The van der Waals surface area contributed by atoms with E-state index in [0.29, 0.717) is 11.7 Å². The predicted molar refractivity (Wildman–Crippen MR) is 108 cm³/mol. The summed E-state index contributed by atoms with van der Waals surface area (Å²) in [7, 11) is 0. The van der Waals surface area contributed by atoms with Crippen molar-refractivity contribution in [2.45, 2.75) is 13.5 Å². The van der Waals surface area contributed by atoms with E-state index in [4.69, 9.17) is 9.15 Å². The van der Waals surface area contributed by atoms with Crippen LogP contribution in [-0.2, 0) is 11.3 Å². The molecule has 0 fully saturated rings. The van der Waals surface area contributed by atoms with Crippen LogP contribution in [0.1, 0.15) is 21.6 Å². The first-order valence-electron chi connectivity index (χ1n) is 9.05. The van der Waals surface area contributed by atoms with E-state index < -0.39 is 5.97 Å². The molecule has 0 radical (unpaired) electrons. The smallest absolute Gasteiger partial charge is 0.361 e. The van der Waals surface area contributed by atoms with Gasteiger partial charge < -0.3 is 9.15 Å². The van der Waals surface area contributed by atoms with Gasteiger partial charge in [0.25, 0.3) is 0 Å². The summed E-state index contributed by atoms with van der Waals surface area (Å²) in [6, 6.07) is 26.8. The molecule has 3 aromatic carbocycles. The Morgan fingerprint density at radius 1 is 0.857 bits per heavy atom. The number of rotatable bonds is 5. The molecule has 0 saturated carbocycles. The summed E-state index contributed by atoms with van der Waals surface area (Å²) in [4.78, 5) is 17.2. The molecule has 0 aliphatic heterocycles. The number of carbonyl (C=O) groups is 1. The van der Waals surface area contributed by atoms with E-state index in [1.807, 2.05) is 91.9 Å². The molecule has 0 saturated heterocycles. The maximum absolute atomic E-state index is 12.8. The van der Waals surface area contributed by atoms with Crippen LogP contribution in [0.2, 0.25) is 0 Å². The molecule has 0 bridgehead atoms. The Morgan fingerprint density at radius 3 is 2.18 bits per heavy atom. The number of aryl methyl sites for hydroxylation is 1. The van der Waals surface area contributed by atoms with Crippen molar-refractivity contribution in [1.29, 1.82) is 0 Å². The Kier molecular flexibility index (Phi) is 5.02. The molecule has 1 heterocycles. The minimum atomic E-state index is -0.509. The molecule has 28 heavy (non-hydrogen) atoms. The van der Waals surface area contributed by atoms with Crippen molar-refractivity contribution >= 4 is 5.97 Å². The Bertz CT molecular complexity index is 1070. The third kappa shape index (κ3) is 3.86. The number of nitrogens with zero attached hydrogens (tertiary/aromatic N) is 1. The fraction of sp³-hybridized carbons (Fsp3) is 0.0833. The lowest BCUT2D eigenvalue weighted by molar-refractivity contribution is 0.0467. The molecule has 4 heteroatoms.